The summed E-state index contributed by atoms with van der Waals surface area (Å²) in [6.07, 6.45) is 16.4. The summed E-state index contributed by atoms with van der Waals surface area (Å²) in [5.41, 5.74) is 4.35. The standard InChI is InChI=1S/C13H14/c1-2-6-11-9-5-10-13(11)12-7-3-4-8-12/h2-3,5,7-9H,1,4,6,10H2. The molecule has 0 atom stereocenters. The lowest BCUT2D eigenvalue weighted by atomic mass is 10.0. The van der Waals surface area contributed by atoms with E-state index in [1.54, 1.807) is 0 Å². The Bertz CT molecular complexity index is 335. The summed E-state index contributed by atoms with van der Waals surface area (Å²) in [5.74, 6) is 0. The van der Waals surface area contributed by atoms with Gasteiger partial charge in [-0.25, -0.2) is 0 Å². The van der Waals surface area contributed by atoms with Gasteiger partial charge in [0.05, 0.1) is 0 Å². The van der Waals surface area contributed by atoms with Gasteiger partial charge in [0.2, 0.25) is 0 Å². The molecule has 0 aromatic heterocycles. The monoisotopic (exact) mass is 170 g/mol. The molecule has 0 N–H and O–H groups in total. The van der Waals surface area contributed by atoms with Crippen molar-refractivity contribution < 1.29 is 0 Å². The molecule has 0 heteroatoms. The normalized spacial score (nSPS) is 19.8. The molecule has 66 valence electrons. The van der Waals surface area contributed by atoms with Gasteiger partial charge in [0.1, 0.15) is 0 Å². The first-order valence-electron chi connectivity index (χ1n) is 4.78. The predicted molar refractivity (Wildman–Crippen MR) is 57.4 cm³/mol. The average molecular weight is 170 g/mol. The van der Waals surface area contributed by atoms with Gasteiger partial charge in [-0.05, 0) is 36.0 Å². The van der Waals surface area contributed by atoms with Crippen LogP contribution in [0.5, 0.6) is 0 Å². The minimum Gasteiger partial charge on any atom is -0.103 e. The van der Waals surface area contributed by atoms with E-state index in [0.29, 0.717) is 0 Å². The molecule has 13 heavy (non-hydrogen) atoms. The minimum absolute atomic E-state index is 0.997. The Morgan fingerprint density at radius 2 is 2.23 bits per heavy atom. The van der Waals surface area contributed by atoms with E-state index in [4.69, 9.17) is 0 Å². The fourth-order valence-corrected chi connectivity index (χ4v) is 1.88. The molecule has 0 amide bonds. The van der Waals surface area contributed by atoms with Crippen LogP contribution < -0.4 is 0 Å². The summed E-state index contributed by atoms with van der Waals surface area (Å²) in [7, 11) is 0. The molecule has 0 unspecified atom stereocenters. The van der Waals surface area contributed by atoms with Gasteiger partial charge in [0.25, 0.3) is 0 Å². The van der Waals surface area contributed by atoms with Gasteiger partial charge in [-0.1, -0.05) is 36.5 Å². The first-order valence-corrected chi connectivity index (χ1v) is 4.78. The quantitative estimate of drug-likeness (QED) is 0.566. The lowest BCUT2D eigenvalue weighted by molar-refractivity contribution is 1.20. The third kappa shape index (κ3) is 1.57. The molecular formula is C13H14. The predicted octanol–water partition coefficient (Wildman–Crippen LogP) is 3.71. The van der Waals surface area contributed by atoms with Crippen LogP contribution in [-0.4, -0.2) is 0 Å². The van der Waals surface area contributed by atoms with E-state index in [-0.39, 0.29) is 0 Å². The van der Waals surface area contributed by atoms with E-state index < -0.39 is 0 Å². The Kier molecular flexibility index (Phi) is 2.31. The highest BCUT2D eigenvalue weighted by Crippen LogP contribution is 2.30. The lowest BCUT2D eigenvalue weighted by Gasteiger charge is -2.04. The molecule has 0 radical (unpaired) electrons. The van der Waals surface area contributed by atoms with Gasteiger partial charge in [0.15, 0.2) is 0 Å². The summed E-state index contributed by atoms with van der Waals surface area (Å²) in [5, 5.41) is 0. The number of rotatable bonds is 3. The van der Waals surface area contributed by atoms with Crippen molar-refractivity contribution in [2.24, 2.45) is 0 Å². The topological polar surface area (TPSA) is 0 Å². The van der Waals surface area contributed by atoms with Crippen LogP contribution >= 0.6 is 0 Å². The highest BCUT2D eigenvalue weighted by atomic mass is 14.2. The van der Waals surface area contributed by atoms with Gasteiger partial charge in [0, 0.05) is 0 Å². The summed E-state index contributed by atoms with van der Waals surface area (Å²) in [6, 6.07) is 0. The van der Waals surface area contributed by atoms with Crippen LogP contribution in [0.4, 0.5) is 0 Å². The van der Waals surface area contributed by atoms with Crippen LogP contribution in [0.3, 0.4) is 0 Å². The fraction of sp³-hybridized carbons (Fsp3) is 0.231. The second-order valence-electron chi connectivity index (χ2n) is 3.40. The number of hydrogen-bond donors (Lipinski definition) is 0. The first kappa shape index (κ1) is 8.31. The van der Waals surface area contributed by atoms with Crippen LogP contribution in [-0.2, 0) is 0 Å². The second kappa shape index (κ2) is 3.61. The Labute approximate surface area is 79.7 Å². The van der Waals surface area contributed by atoms with E-state index >= 15 is 0 Å². The van der Waals surface area contributed by atoms with Gasteiger partial charge in [-0.2, -0.15) is 0 Å². The van der Waals surface area contributed by atoms with Gasteiger partial charge in [-0.15, -0.1) is 6.58 Å². The first-order chi connectivity index (χ1) is 6.42. The zero-order valence-corrected chi connectivity index (χ0v) is 7.79. The van der Waals surface area contributed by atoms with Crippen LogP contribution in [0.2, 0.25) is 0 Å². The molecule has 0 aromatic carbocycles. The van der Waals surface area contributed by atoms with Crippen molar-refractivity contribution >= 4 is 0 Å². The minimum atomic E-state index is 0.997. The molecule has 2 aliphatic rings. The molecule has 0 nitrogen and oxygen atoms in total. The van der Waals surface area contributed by atoms with Crippen LogP contribution in [0.1, 0.15) is 19.3 Å². The van der Waals surface area contributed by atoms with Crippen LogP contribution in [0.15, 0.2) is 59.8 Å². The number of allylic oxidation sites excluding steroid dienone is 9. The van der Waals surface area contributed by atoms with Crippen molar-refractivity contribution in [1.82, 2.24) is 0 Å². The number of hydrogen-bond acceptors (Lipinski definition) is 0. The molecule has 0 saturated heterocycles. The molecular weight excluding hydrogens is 156 g/mol. The summed E-state index contributed by atoms with van der Waals surface area (Å²) >= 11 is 0. The smallest absolute Gasteiger partial charge is 0.00855 e. The van der Waals surface area contributed by atoms with Gasteiger partial charge in [-0.3, -0.25) is 0 Å². The lowest BCUT2D eigenvalue weighted by Crippen LogP contribution is -1.85. The van der Waals surface area contributed by atoms with Gasteiger partial charge >= 0.3 is 0 Å². The molecule has 0 heterocycles. The Hall–Kier alpha value is -1.30. The van der Waals surface area contributed by atoms with E-state index in [2.05, 4.69) is 37.0 Å². The maximum atomic E-state index is 3.78. The Balaban J connectivity index is 2.26. The third-order valence-electron chi connectivity index (χ3n) is 2.51. The summed E-state index contributed by atoms with van der Waals surface area (Å²) in [6.45, 7) is 3.78. The average Bonchev–Trinajstić information content (AvgIpc) is 2.71. The Morgan fingerprint density at radius 1 is 1.31 bits per heavy atom. The molecule has 0 aliphatic heterocycles. The van der Waals surface area contributed by atoms with Crippen LogP contribution in [0, 0.1) is 0 Å². The van der Waals surface area contributed by atoms with E-state index in [1.165, 1.54) is 16.7 Å². The molecule has 0 bridgehead atoms. The zero-order valence-electron chi connectivity index (χ0n) is 7.79. The maximum absolute atomic E-state index is 3.78. The van der Waals surface area contributed by atoms with Crippen LogP contribution in [0.25, 0.3) is 0 Å². The molecule has 0 aromatic rings. The molecule has 2 rings (SSSR count). The van der Waals surface area contributed by atoms with E-state index in [9.17, 15) is 0 Å². The van der Waals surface area contributed by atoms with Crippen molar-refractivity contribution in [3.05, 3.63) is 59.8 Å². The fourth-order valence-electron chi connectivity index (χ4n) is 1.88. The van der Waals surface area contributed by atoms with Crippen molar-refractivity contribution in [2.75, 3.05) is 0 Å². The summed E-state index contributed by atoms with van der Waals surface area (Å²) in [4.78, 5) is 0. The summed E-state index contributed by atoms with van der Waals surface area (Å²) < 4.78 is 0. The van der Waals surface area contributed by atoms with Crippen molar-refractivity contribution in [2.45, 2.75) is 19.3 Å². The van der Waals surface area contributed by atoms with Crippen molar-refractivity contribution in [1.29, 1.82) is 0 Å². The van der Waals surface area contributed by atoms with Crippen molar-refractivity contribution in [3.8, 4) is 0 Å². The highest BCUT2D eigenvalue weighted by molar-refractivity contribution is 5.52. The highest BCUT2D eigenvalue weighted by Gasteiger charge is 2.11. The second-order valence-corrected chi connectivity index (χ2v) is 3.40. The SMILES string of the molecule is C=CCC1=C(C2=CCC=C2)CC=C1. The van der Waals surface area contributed by atoms with E-state index in [0.717, 1.165) is 19.3 Å². The largest absolute Gasteiger partial charge is 0.103 e. The van der Waals surface area contributed by atoms with Crippen molar-refractivity contribution in [3.63, 3.8) is 0 Å². The third-order valence-corrected chi connectivity index (χ3v) is 2.51. The molecule has 2 aliphatic carbocycles. The Morgan fingerprint density at radius 3 is 2.92 bits per heavy atom. The van der Waals surface area contributed by atoms with E-state index in [1.807, 2.05) is 6.08 Å². The van der Waals surface area contributed by atoms with Gasteiger partial charge < -0.3 is 0 Å². The molecule has 0 fully saturated rings. The maximum Gasteiger partial charge on any atom is -0.00855 e. The molecule has 0 spiro atoms. The molecule has 0 saturated carbocycles. The zero-order chi connectivity index (χ0) is 9.10.